The van der Waals surface area contributed by atoms with E-state index < -0.39 is 5.41 Å². The highest BCUT2D eigenvalue weighted by molar-refractivity contribution is 6.31. The summed E-state index contributed by atoms with van der Waals surface area (Å²) in [5.74, 6) is -0.302. The van der Waals surface area contributed by atoms with Gasteiger partial charge in [-0.1, -0.05) is 38.4 Å². The molecule has 0 heterocycles. The number of carbonyl (C=O) groups is 2. The first-order valence-corrected chi connectivity index (χ1v) is 8.04. The maximum absolute atomic E-state index is 12.3. The highest BCUT2D eigenvalue weighted by Gasteiger charge is 2.21. The normalized spacial score (nSPS) is 11.0. The lowest BCUT2D eigenvalue weighted by Gasteiger charge is -2.17. The van der Waals surface area contributed by atoms with E-state index in [1.165, 1.54) is 0 Å². The summed E-state index contributed by atoms with van der Waals surface area (Å²) in [6.07, 6.45) is 0. The molecule has 126 valence electrons. The Morgan fingerprint density at radius 3 is 2.17 bits per heavy atom. The molecule has 0 bridgehead atoms. The van der Waals surface area contributed by atoms with E-state index in [4.69, 9.17) is 11.6 Å². The lowest BCUT2D eigenvalue weighted by Crippen LogP contribution is -2.27. The van der Waals surface area contributed by atoms with Crippen LogP contribution in [0.15, 0.2) is 42.5 Å². The predicted octanol–water partition coefficient (Wildman–Crippen LogP) is 4.89. The molecule has 24 heavy (non-hydrogen) atoms. The van der Waals surface area contributed by atoms with Gasteiger partial charge in [-0.15, -0.1) is 0 Å². The summed E-state index contributed by atoms with van der Waals surface area (Å²) in [5, 5.41) is 6.27. The van der Waals surface area contributed by atoms with Crippen molar-refractivity contribution in [2.24, 2.45) is 5.41 Å². The topological polar surface area (TPSA) is 58.2 Å². The van der Waals surface area contributed by atoms with E-state index >= 15 is 0 Å². The van der Waals surface area contributed by atoms with Crippen molar-refractivity contribution < 1.29 is 9.59 Å². The third-order valence-electron chi connectivity index (χ3n) is 3.60. The van der Waals surface area contributed by atoms with Crippen molar-refractivity contribution in [3.8, 4) is 0 Å². The van der Waals surface area contributed by atoms with Gasteiger partial charge in [0.15, 0.2) is 0 Å². The summed E-state index contributed by atoms with van der Waals surface area (Å²) in [4.78, 5) is 24.3. The van der Waals surface area contributed by atoms with Gasteiger partial charge in [0, 0.05) is 27.4 Å². The summed E-state index contributed by atoms with van der Waals surface area (Å²) >= 11 is 6.06. The summed E-state index contributed by atoms with van der Waals surface area (Å²) in [7, 11) is 0. The summed E-state index contributed by atoms with van der Waals surface area (Å²) in [6, 6.07) is 12.1. The van der Waals surface area contributed by atoms with Gasteiger partial charge in [-0.3, -0.25) is 9.59 Å². The Hall–Kier alpha value is -2.33. The largest absolute Gasteiger partial charge is 0.326 e. The van der Waals surface area contributed by atoms with E-state index in [1.807, 2.05) is 27.7 Å². The lowest BCUT2D eigenvalue weighted by atomic mass is 9.95. The minimum Gasteiger partial charge on any atom is -0.326 e. The van der Waals surface area contributed by atoms with Crippen LogP contribution in [0.5, 0.6) is 0 Å². The molecule has 0 aromatic heterocycles. The second kappa shape index (κ2) is 7.05. The second-order valence-corrected chi connectivity index (χ2v) is 7.06. The van der Waals surface area contributed by atoms with E-state index in [1.54, 1.807) is 42.5 Å². The Kier molecular flexibility index (Phi) is 5.30. The SMILES string of the molecule is Cc1c(Cl)cccc1NC(=O)c1ccc(NC(=O)C(C)(C)C)cc1. The smallest absolute Gasteiger partial charge is 0.255 e. The highest BCUT2D eigenvalue weighted by atomic mass is 35.5. The molecule has 5 heteroatoms. The van der Waals surface area contributed by atoms with Crippen LogP contribution in [0.3, 0.4) is 0 Å². The van der Waals surface area contributed by atoms with Crippen molar-refractivity contribution in [3.05, 3.63) is 58.6 Å². The minimum atomic E-state index is -0.472. The molecule has 2 amide bonds. The van der Waals surface area contributed by atoms with Gasteiger partial charge in [0.05, 0.1) is 0 Å². The molecule has 0 fully saturated rings. The molecule has 0 atom stereocenters. The Labute approximate surface area is 147 Å². The first-order chi connectivity index (χ1) is 11.2. The molecule has 0 radical (unpaired) electrons. The van der Waals surface area contributed by atoms with Gasteiger partial charge < -0.3 is 10.6 Å². The first kappa shape index (κ1) is 18.0. The van der Waals surface area contributed by atoms with E-state index in [9.17, 15) is 9.59 Å². The number of anilines is 2. The molecule has 0 aliphatic rings. The van der Waals surface area contributed by atoms with Crippen molar-refractivity contribution in [2.75, 3.05) is 10.6 Å². The number of amides is 2. The molecule has 0 aliphatic carbocycles. The van der Waals surface area contributed by atoms with Gasteiger partial charge in [0.25, 0.3) is 5.91 Å². The van der Waals surface area contributed by atoms with Crippen LogP contribution in [0.25, 0.3) is 0 Å². The molecule has 2 aromatic carbocycles. The van der Waals surface area contributed by atoms with Crippen molar-refractivity contribution >= 4 is 34.8 Å². The van der Waals surface area contributed by atoms with Crippen LogP contribution in [0.2, 0.25) is 5.02 Å². The number of rotatable bonds is 3. The zero-order valence-corrected chi connectivity index (χ0v) is 15.0. The van der Waals surface area contributed by atoms with Gasteiger partial charge in [-0.2, -0.15) is 0 Å². The zero-order valence-electron chi connectivity index (χ0n) is 14.2. The third-order valence-corrected chi connectivity index (χ3v) is 4.01. The third kappa shape index (κ3) is 4.36. The number of hydrogen-bond acceptors (Lipinski definition) is 2. The number of carbonyl (C=O) groups excluding carboxylic acids is 2. The maximum atomic E-state index is 12.3. The van der Waals surface area contributed by atoms with Crippen molar-refractivity contribution in [1.82, 2.24) is 0 Å². The Morgan fingerprint density at radius 2 is 1.58 bits per heavy atom. The monoisotopic (exact) mass is 344 g/mol. The van der Waals surface area contributed by atoms with Crippen molar-refractivity contribution in [1.29, 1.82) is 0 Å². The predicted molar refractivity (Wildman–Crippen MR) is 98.7 cm³/mol. The van der Waals surface area contributed by atoms with E-state index in [0.717, 1.165) is 5.56 Å². The second-order valence-electron chi connectivity index (χ2n) is 6.65. The van der Waals surface area contributed by atoms with E-state index in [2.05, 4.69) is 10.6 Å². The fourth-order valence-corrected chi connectivity index (χ4v) is 2.14. The summed E-state index contributed by atoms with van der Waals surface area (Å²) < 4.78 is 0. The van der Waals surface area contributed by atoms with Gasteiger partial charge >= 0.3 is 0 Å². The van der Waals surface area contributed by atoms with Gasteiger partial charge in [0.2, 0.25) is 5.91 Å². The molecule has 2 aromatic rings. The summed E-state index contributed by atoms with van der Waals surface area (Å²) in [6.45, 7) is 7.38. The van der Waals surface area contributed by atoms with Gasteiger partial charge in [-0.05, 0) is 48.9 Å². The quantitative estimate of drug-likeness (QED) is 0.833. The maximum Gasteiger partial charge on any atom is 0.255 e. The van der Waals surface area contributed by atoms with Crippen LogP contribution in [0, 0.1) is 12.3 Å². The molecule has 0 unspecified atom stereocenters. The Bertz CT molecular complexity index is 762. The average molecular weight is 345 g/mol. The highest BCUT2D eigenvalue weighted by Crippen LogP contribution is 2.24. The van der Waals surface area contributed by atoms with Crippen LogP contribution in [0.4, 0.5) is 11.4 Å². The number of halogens is 1. The standard InChI is InChI=1S/C19H21ClN2O2/c1-12-15(20)6-5-7-16(12)22-17(23)13-8-10-14(11-9-13)21-18(24)19(2,3)4/h5-11H,1-4H3,(H,21,24)(H,22,23). The molecule has 4 nitrogen and oxygen atoms in total. The first-order valence-electron chi connectivity index (χ1n) is 7.66. The molecular weight excluding hydrogens is 324 g/mol. The molecule has 0 saturated heterocycles. The van der Waals surface area contributed by atoms with Crippen molar-refractivity contribution in [2.45, 2.75) is 27.7 Å². The van der Waals surface area contributed by atoms with Crippen LogP contribution >= 0.6 is 11.6 Å². The zero-order chi connectivity index (χ0) is 17.9. The molecular formula is C19H21ClN2O2. The number of hydrogen-bond donors (Lipinski definition) is 2. The van der Waals surface area contributed by atoms with Crippen LogP contribution < -0.4 is 10.6 Å². The molecule has 2 rings (SSSR count). The van der Waals surface area contributed by atoms with Crippen LogP contribution in [-0.2, 0) is 4.79 Å². The van der Waals surface area contributed by atoms with Crippen LogP contribution in [-0.4, -0.2) is 11.8 Å². The number of benzene rings is 2. The van der Waals surface area contributed by atoms with Crippen LogP contribution in [0.1, 0.15) is 36.7 Å². The fraction of sp³-hybridized carbons (Fsp3) is 0.263. The molecule has 0 saturated carbocycles. The number of nitrogens with one attached hydrogen (secondary N) is 2. The summed E-state index contributed by atoms with van der Waals surface area (Å²) in [5.41, 5.74) is 2.19. The molecule has 0 spiro atoms. The van der Waals surface area contributed by atoms with Gasteiger partial charge in [0.1, 0.15) is 0 Å². The van der Waals surface area contributed by atoms with Crippen molar-refractivity contribution in [3.63, 3.8) is 0 Å². The van der Waals surface area contributed by atoms with E-state index in [-0.39, 0.29) is 11.8 Å². The van der Waals surface area contributed by atoms with Gasteiger partial charge in [-0.25, -0.2) is 0 Å². The lowest BCUT2D eigenvalue weighted by molar-refractivity contribution is -0.123. The minimum absolute atomic E-state index is 0.0748. The van der Waals surface area contributed by atoms with E-state index in [0.29, 0.717) is 22.0 Å². The molecule has 0 aliphatic heterocycles. The Balaban J connectivity index is 2.09. The fourth-order valence-electron chi connectivity index (χ4n) is 1.96. The Morgan fingerprint density at radius 1 is 0.958 bits per heavy atom. The molecule has 2 N–H and O–H groups in total. The average Bonchev–Trinajstić information content (AvgIpc) is 2.51.